The number of quaternary nitrogens is 1. The molecule has 0 aromatic rings. The molecule has 0 fully saturated rings. The number of carbonyl (C=O) groups is 1. The van der Waals surface area contributed by atoms with Gasteiger partial charge in [0.15, 0.2) is 0 Å². The van der Waals surface area contributed by atoms with E-state index >= 15 is 0 Å². The molecule has 0 atom stereocenters. The fraction of sp³-hybridized carbons (Fsp3) is 0.667. The van der Waals surface area contributed by atoms with E-state index in [0.29, 0.717) is 6.54 Å². The van der Waals surface area contributed by atoms with Crippen LogP contribution < -0.4 is 0 Å². The molecule has 0 aliphatic rings. The molecule has 0 amide bonds. The molecule has 0 spiro atoms. The predicted molar refractivity (Wildman–Crippen MR) is 42.4 cm³/mol. The molecular formula is C6H11NO4P+. The first-order valence-electron chi connectivity index (χ1n) is 3.26. The molecule has 1 N–H and O–H groups in total. The van der Waals surface area contributed by atoms with Crippen LogP contribution in [-0.4, -0.2) is 43.0 Å². The van der Waals surface area contributed by atoms with Gasteiger partial charge in [0.05, 0.1) is 0 Å². The molecule has 6 heteroatoms. The molecule has 0 heterocycles. The minimum absolute atomic E-state index is 0.0743. The van der Waals surface area contributed by atoms with E-state index in [-0.39, 0.29) is 19.0 Å². The molecule has 12 heavy (non-hydrogen) atoms. The van der Waals surface area contributed by atoms with Gasteiger partial charge in [-0.3, -0.25) is 0 Å². The third kappa shape index (κ3) is 5.98. The number of rotatable bonds is 3. The summed E-state index contributed by atoms with van der Waals surface area (Å²) < 4.78 is 14.6. The van der Waals surface area contributed by atoms with Gasteiger partial charge >= 0.3 is 70.8 Å². The second-order valence-corrected chi connectivity index (χ2v) is 3.10. The molecule has 68 valence electrons. The van der Waals surface area contributed by atoms with Crippen LogP contribution in [0.15, 0.2) is 0 Å². The van der Waals surface area contributed by atoms with Crippen molar-refractivity contribution in [3.8, 4) is 5.75 Å². The second kappa shape index (κ2) is 4.99. The van der Waals surface area contributed by atoms with Crippen LogP contribution in [0.5, 0.6) is 0 Å². The van der Waals surface area contributed by atoms with E-state index in [1.54, 1.807) is 14.1 Å². The Morgan fingerprint density at radius 3 is 2.67 bits per heavy atom. The summed E-state index contributed by atoms with van der Waals surface area (Å²) >= 11 is 0. The molecule has 0 bridgehead atoms. The van der Waals surface area contributed by atoms with Gasteiger partial charge in [0.2, 0.25) is 0 Å². The Kier molecular flexibility index (Phi) is 4.67. The molecule has 0 aromatic carbocycles. The zero-order valence-electron chi connectivity index (χ0n) is 6.98. The number of ether oxygens (including phenoxy) is 1. The number of hydrogen-bond donors (Lipinski definition) is 1. The van der Waals surface area contributed by atoms with Gasteiger partial charge in [-0.25, -0.2) is 0 Å². The fourth-order valence-corrected chi connectivity index (χ4v) is 0.843. The van der Waals surface area contributed by atoms with Gasteiger partial charge in [0, 0.05) is 0 Å². The van der Waals surface area contributed by atoms with Crippen LogP contribution in [0.2, 0.25) is 0 Å². The van der Waals surface area contributed by atoms with Crippen molar-refractivity contribution < 1.29 is 23.7 Å². The van der Waals surface area contributed by atoms with Gasteiger partial charge in [0.1, 0.15) is 0 Å². The maximum atomic E-state index is 10.1. The van der Waals surface area contributed by atoms with Gasteiger partial charge in [-0.2, -0.15) is 0 Å². The predicted octanol–water partition coefficient (Wildman–Crippen LogP) is 0.966. The summed E-state index contributed by atoms with van der Waals surface area (Å²) in [4.78, 5) is 9.93. The van der Waals surface area contributed by atoms with Crippen molar-refractivity contribution in [2.24, 2.45) is 0 Å². The van der Waals surface area contributed by atoms with Crippen molar-refractivity contribution in [2.75, 3.05) is 27.2 Å². The Hall–Kier alpha value is -0.760. The molecule has 0 saturated heterocycles. The minimum atomic E-state index is -1.30. The van der Waals surface area contributed by atoms with Gasteiger partial charge < -0.3 is 0 Å². The molecular weight excluding hydrogens is 181 g/mol. The number of hydrogen-bond acceptors (Lipinski definition) is 3. The number of likely N-dealkylation sites (N-methyl/N-ethyl adjacent to an activating group) is 1. The Labute approximate surface area is 71.6 Å². The van der Waals surface area contributed by atoms with Gasteiger partial charge in [-0.15, -0.1) is 0 Å². The average molecular weight is 192 g/mol. The van der Waals surface area contributed by atoms with Gasteiger partial charge in [0.25, 0.3) is 0 Å². The summed E-state index contributed by atoms with van der Waals surface area (Å²) in [6.45, 7) is 0.492. The summed E-state index contributed by atoms with van der Waals surface area (Å²) in [6, 6.07) is 0. The molecule has 0 rings (SSSR count). The first-order valence-corrected chi connectivity index (χ1v) is 4.07. The van der Waals surface area contributed by atoms with Crippen LogP contribution in [-0.2, 0) is 9.30 Å². The molecule has 0 radical (unpaired) electrons. The Balaban J connectivity index is 3.81. The summed E-state index contributed by atoms with van der Waals surface area (Å²) in [5.41, 5.74) is 0. The second-order valence-electron chi connectivity index (χ2n) is 2.71. The normalized spacial score (nSPS) is 10.2. The summed E-state index contributed by atoms with van der Waals surface area (Å²) in [5.74, 6) is 2.58. The van der Waals surface area contributed by atoms with Crippen LogP contribution in [0.1, 0.15) is 0 Å². The van der Waals surface area contributed by atoms with Crippen molar-refractivity contribution >= 4 is 14.1 Å². The zero-order chi connectivity index (χ0) is 9.61. The van der Waals surface area contributed by atoms with E-state index in [0.717, 1.165) is 0 Å². The molecule has 0 aromatic heterocycles. The summed E-state index contributed by atoms with van der Waals surface area (Å²) in [7, 11) is 3.30. The Bertz CT molecular complexity index is 256. The fourth-order valence-electron chi connectivity index (χ4n) is 0.522. The molecule has 0 saturated carbocycles. The van der Waals surface area contributed by atoms with Crippen LogP contribution in [0.4, 0.5) is 4.79 Å². The van der Waals surface area contributed by atoms with Crippen LogP contribution >= 0.6 is 7.92 Å². The maximum absolute atomic E-state index is 10.1. The first-order chi connectivity index (χ1) is 5.48. The zero-order valence-corrected chi connectivity index (χ0v) is 7.88. The average Bonchev–Trinajstić information content (AvgIpc) is 1.85. The standard InChI is InChI=1S/C6H10NO4P/c1-7(2,5-12-10)3-4-11-6(8)9/h3-4H2,1-2H3/p+1. The van der Waals surface area contributed by atoms with Crippen molar-refractivity contribution in [1.82, 2.24) is 0 Å². The molecule has 5 nitrogen and oxygen atoms in total. The number of nitrogens with zero attached hydrogens (tertiary/aromatic N) is 1. The SMILES string of the molecule is C[N+](C)(C#P=O)CCOC(=O)O. The van der Waals surface area contributed by atoms with Crippen molar-refractivity contribution in [3.63, 3.8) is 0 Å². The van der Waals surface area contributed by atoms with E-state index in [4.69, 9.17) is 5.11 Å². The monoisotopic (exact) mass is 192 g/mol. The van der Waals surface area contributed by atoms with Crippen LogP contribution in [0.25, 0.3) is 0 Å². The summed E-state index contributed by atoms with van der Waals surface area (Å²) in [5, 5.41) is 8.13. The number of carboxylic acid groups (broad SMARTS) is 1. The van der Waals surface area contributed by atoms with Crippen molar-refractivity contribution in [3.05, 3.63) is 0 Å². The molecule has 0 aliphatic carbocycles. The first kappa shape index (κ1) is 11.2. The van der Waals surface area contributed by atoms with Gasteiger partial charge in [-0.1, -0.05) is 0 Å². The van der Waals surface area contributed by atoms with E-state index in [1.165, 1.54) is 0 Å². The topological polar surface area (TPSA) is 63.6 Å². The third-order valence-corrected chi connectivity index (χ3v) is 1.81. The summed E-state index contributed by atoms with van der Waals surface area (Å²) in [6.07, 6.45) is -1.30. The van der Waals surface area contributed by atoms with Crippen LogP contribution in [0, 0.1) is 5.75 Å². The quantitative estimate of drug-likeness (QED) is 0.411. The van der Waals surface area contributed by atoms with E-state index in [1.807, 2.05) is 0 Å². The van der Waals surface area contributed by atoms with E-state index < -0.39 is 6.16 Å². The van der Waals surface area contributed by atoms with E-state index in [2.05, 4.69) is 10.5 Å². The molecule has 0 unspecified atom stereocenters. The third-order valence-electron chi connectivity index (χ3n) is 1.19. The van der Waals surface area contributed by atoms with Crippen LogP contribution in [0.3, 0.4) is 0 Å². The van der Waals surface area contributed by atoms with E-state index in [9.17, 15) is 9.36 Å². The van der Waals surface area contributed by atoms with Crippen molar-refractivity contribution in [1.29, 1.82) is 0 Å². The van der Waals surface area contributed by atoms with Gasteiger partial charge in [-0.05, 0) is 0 Å². The Morgan fingerprint density at radius 2 is 2.25 bits per heavy atom. The molecule has 0 aliphatic heterocycles. The van der Waals surface area contributed by atoms with Crippen molar-refractivity contribution in [2.45, 2.75) is 0 Å². The Morgan fingerprint density at radius 1 is 1.67 bits per heavy atom.